The average Bonchev–Trinajstić information content (AvgIpc) is 2.38. The van der Waals surface area contributed by atoms with Crippen LogP contribution < -0.4 is 20.9 Å². The van der Waals surface area contributed by atoms with Gasteiger partial charge in [0.25, 0.3) is 0 Å². The summed E-state index contributed by atoms with van der Waals surface area (Å²) in [5.74, 6) is 0.437. The zero-order valence-corrected chi connectivity index (χ0v) is 11.6. The van der Waals surface area contributed by atoms with E-state index in [0.717, 1.165) is 0 Å². The Morgan fingerprint density at radius 1 is 0.850 bits per heavy atom. The highest BCUT2D eigenvalue weighted by Crippen LogP contribution is 2.26. The fourth-order valence-corrected chi connectivity index (χ4v) is 1.70. The zero-order valence-electron chi connectivity index (χ0n) is 10.1. The van der Waals surface area contributed by atoms with Gasteiger partial charge in [-0.15, -0.1) is 0 Å². The molecule has 0 aliphatic rings. The molecule has 0 aliphatic carbocycles. The van der Waals surface area contributed by atoms with Gasteiger partial charge in [0.2, 0.25) is 0 Å². The van der Waals surface area contributed by atoms with Gasteiger partial charge in [-0.3, -0.25) is 0 Å². The van der Waals surface area contributed by atoms with Gasteiger partial charge < -0.3 is 20.9 Å². The molecule has 0 aromatic heterocycles. The van der Waals surface area contributed by atoms with Gasteiger partial charge in [-0.05, 0) is 24.3 Å². The number of halogens is 2. The molecule has 2 aromatic carbocycles. The van der Waals surface area contributed by atoms with Crippen molar-refractivity contribution in [2.75, 3.05) is 11.5 Å². The molecule has 0 saturated carbocycles. The van der Waals surface area contributed by atoms with Crippen molar-refractivity contribution in [1.29, 1.82) is 0 Å². The van der Waals surface area contributed by atoms with Crippen molar-refractivity contribution in [3.8, 4) is 11.5 Å². The Morgan fingerprint density at radius 2 is 1.25 bits per heavy atom. The lowest BCUT2D eigenvalue weighted by atomic mass is 10.3. The second kappa shape index (κ2) is 5.90. The number of benzene rings is 2. The first-order valence-electron chi connectivity index (χ1n) is 5.45. The van der Waals surface area contributed by atoms with Gasteiger partial charge in [-0.1, -0.05) is 23.2 Å². The van der Waals surface area contributed by atoms with Gasteiger partial charge in [0.1, 0.15) is 11.5 Å². The standard InChI is InChI=1S/C13H10Cl2N2O3/c14-9-5-7(1-3-11(9)16)19-13(18)20-8-2-4-12(17)10(15)6-8/h1-6H,16-17H2. The van der Waals surface area contributed by atoms with Gasteiger partial charge >= 0.3 is 6.16 Å². The van der Waals surface area contributed by atoms with E-state index in [0.29, 0.717) is 11.4 Å². The molecule has 0 saturated heterocycles. The summed E-state index contributed by atoms with van der Waals surface area (Å²) >= 11 is 11.6. The highest BCUT2D eigenvalue weighted by Gasteiger charge is 2.10. The number of ether oxygens (including phenoxy) is 2. The predicted molar refractivity (Wildman–Crippen MR) is 78.4 cm³/mol. The van der Waals surface area contributed by atoms with Gasteiger partial charge in [-0.2, -0.15) is 0 Å². The van der Waals surface area contributed by atoms with E-state index in [1.54, 1.807) is 0 Å². The third-order valence-electron chi connectivity index (χ3n) is 2.35. The maximum absolute atomic E-state index is 11.6. The van der Waals surface area contributed by atoms with Crippen LogP contribution in [0, 0.1) is 0 Å². The Kier molecular flexibility index (Phi) is 4.22. The third-order valence-corrected chi connectivity index (χ3v) is 3.00. The molecule has 0 heterocycles. The monoisotopic (exact) mass is 312 g/mol. The maximum Gasteiger partial charge on any atom is 0.519 e. The van der Waals surface area contributed by atoms with Crippen LogP contribution in [0.4, 0.5) is 16.2 Å². The SMILES string of the molecule is Nc1ccc(OC(=O)Oc2ccc(N)c(Cl)c2)cc1Cl. The minimum Gasteiger partial charge on any atom is -0.398 e. The van der Waals surface area contributed by atoms with Crippen molar-refractivity contribution in [1.82, 2.24) is 0 Å². The van der Waals surface area contributed by atoms with Crippen molar-refractivity contribution in [3.63, 3.8) is 0 Å². The molecule has 2 aromatic rings. The Balaban J connectivity index is 2.04. The first-order valence-corrected chi connectivity index (χ1v) is 6.21. The lowest BCUT2D eigenvalue weighted by Crippen LogP contribution is -2.13. The minimum absolute atomic E-state index is 0.218. The van der Waals surface area contributed by atoms with Gasteiger partial charge in [0.15, 0.2) is 0 Å². The molecule has 0 amide bonds. The van der Waals surface area contributed by atoms with E-state index in [1.165, 1.54) is 36.4 Å². The number of anilines is 2. The molecule has 0 radical (unpaired) electrons. The highest BCUT2D eigenvalue weighted by atomic mass is 35.5. The van der Waals surface area contributed by atoms with E-state index in [-0.39, 0.29) is 21.5 Å². The van der Waals surface area contributed by atoms with Gasteiger partial charge in [0, 0.05) is 12.1 Å². The Morgan fingerprint density at radius 3 is 1.60 bits per heavy atom. The molecule has 5 nitrogen and oxygen atoms in total. The molecule has 0 aliphatic heterocycles. The van der Waals surface area contributed by atoms with Crippen LogP contribution >= 0.6 is 23.2 Å². The quantitative estimate of drug-likeness (QED) is 0.501. The van der Waals surface area contributed by atoms with E-state index in [9.17, 15) is 4.79 Å². The summed E-state index contributed by atoms with van der Waals surface area (Å²) in [6.07, 6.45) is -0.924. The van der Waals surface area contributed by atoms with Crippen molar-refractivity contribution in [2.45, 2.75) is 0 Å². The summed E-state index contributed by atoms with van der Waals surface area (Å²) in [7, 11) is 0. The number of carbonyl (C=O) groups excluding carboxylic acids is 1. The van der Waals surface area contributed by atoms with E-state index in [2.05, 4.69) is 0 Å². The van der Waals surface area contributed by atoms with E-state index >= 15 is 0 Å². The highest BCUT2D eigenvalue weighted by molar-refractivity contribution is 6.33. The smallest absolute Gasteiger partial charge is 0.398 e. The van der Waals surface area contributed by atoms with Crippen molar-refractivity contribution >= 4 is 40.7 Å². The topological polar surface area (TPSA) is 87.6 Å². The Hall–Kier alpha value is -2.11. The fourth-order valence-electron chi connectivity index (χ4n) is 1.36. The molecular weight excluding hydrogens is 303 g/mol. The summed E-state index contributed by atoms with van der Waals surface area (Å²) in [5.41, 5.74) is 11.9. The second-order valence-corrected chi connectivity index (χ2v) is 4.64. The van der Waals surface area contributed by atoms with Crippen LogP contribution in [0.15, 0.2) is 36.4 Å². The molecule has 0 unspecified atom stereocenters. The molecule has 20 heavy (non-hydrogen) atoms. The largest absolute Gasteiger partial charge is 0.519 e. The predicted octanol–water partition coefficient (Wildman–Crippen LogP) is 3.74. The second-order valence-electron chi connectivity index (χ2n) is 3.82. The number of hydrogen-bond acceptors (Lipinski definition) is 5. The summed E-state index contributed by atoms with van der Waals surface area (Å²) in [6, 6.07) is 8.86. The van der Waals surface area contributed by atoms with Gasteiger partial charge in [0.05, 0.1) is 21.4 Å². The van der Waals surface area contributed by atoms with Crippen LogP contribution in [0.2, 0.25) is 10.0 Å². The molecule has 4 N–H and O–H groups in total. The van der Waals surface area contributed by atoms with Crippen LogP contribution in [0.3, 0.4) is 0 Å². The molecule has 0 fully saturated rings. The Labute approximate surface area is 125 Å². The first kappa shape index (κ1) is 14.3. The molecule has 0 bridgehead atoms. The van der Waals surface area contributed by atoms with E-state index < -0.39 is 6.16 Å². The van der Waals surface area contributed by atoms with Crippen molar-refractivity contribution < 1.29 is 14.3 Å². The number of nitrogen functional groups attached to an aromatic ring is 2. The maximum atomic E-state index is 11.6. The summed E-state index contributed by atoms with van der Waals surface area (Å²) < 4.78 is 9.90. The minimum atomic E-state index is -0.924. The lowest BCUT2D eigenvalue weighted by molar-refractivity contribution is 0.152. The van der Waals surface area contributed by atoms with Crippen LogP contribution in [-0.2, 0) is 0 Å². The fraction of sp³-hybridized carbons (Fsp3) is 0. The van der Waals surface area contributed by atoms with Crippen molar-refractivity contribution in [2.24, 2.45) is 0 Å². The number of hydrogen-bond donors (Lipinski definition) is 2. The normalized spacial score (nSPS) is 10.1. The summed E-state index contributed by atoms with van der Waals surface area (Å²) in [5, 5.41) is 0.566. The molecule has 0 atom stereocenters. The van der Waals surface area contributed by atoms with Crippen LogP contribution in [0.25, 0.3) is 0 Å². The zero-order chi connectivity index (χ0) is 14.7. The first-order chi connectivity index (χ1) is 9.45. The lowest BCUT2D eigenvalue weighted by Gasteiger charge is -2.07. The van der Waals surface area contributed by atoms with Crippen LogP contribution in [0.1, 0.15) is 0 Å². The molecule has 7 heteroatoms. The number of rotatable bonds is 2. The average molecular weight is 313 g/mol. The van der Waals surface area contributed by atoms with Gasteiger partial charge in [-0.25, -0.2) is 4.79 Å². The van der Waals surface area contributed by atoms with E-state index in [1.807, 2.05) is 0 Å². The summed E-state index contributed by atoms with van der Waals surface area (Å²) in [4.78, 5) is 11.6. The molecule has 2 rings (SSSR count). The van der Waals surface area contributed by atoms with Crippen LogP contribution in [0.5, 0.6) is 11.5 Å². The van der Waals surface area contributed by atoms with E-state index in [4.69, 9.17) is 44.1 Å². The summed E-state index contributed by atoms with van der Waals surface area (Å²) in [6.45, 7) is 0. The van der Waals surface area contributed by atoms with Crippen molar-refractivity contribution in [3.05, 3.63) is 46.4 Å². The molecule has 104 valence electrons. The third kappa shape index (κ3) is 3.46. The molecular formula is C13H10Cl2N2O3. The number of nitrogens with two attached hydrogens (primary N) is 2. The molecule has 0 spiro atoms. The Bertz CT molecular complexity index is 607. The number of carbonyl (C=O) groups is 1. The van der Waals surface area contributed by atoms with Crippen LogP contribution in [-0.4, -0.2) is 6.16 Å².